The van der Waals surface area contributed by atoms with Gasteiger partial charge in [0.2, 0.25) is 0 Å². The van der Waals surface area contributed by atoms with E-state index in [1.165, 1.54) is 0 Å². The smallest absolute Gasteiger partial charge is 0.303 e. The van der Waals surface area contributed by atoms with Gasteiger partial charge in [0.05, 0.1) is 19.5 Å². The van der Waals surface area contributed by atoms with Gasteiger partial charge in [-0.1, -0.05) is 18.2 Å². The highest BCUT2D eigenvalue weighted by Gasteiger charge is 2.42. The summed E-state index contributed by atoms with van der Waals surface area (Å²) in [5, 5.41) is 9.90. The third-order valence-electron chi connectivity index (χ3n) is 3.63. The van der Waals surface area contributed by atoms with E-state index >= 15 is 0 Å². The highest BCUT2D eigenvalue weighted by atomic mass is 16.5. The van der Waals surface area contributed by atoms with Crippen LogP contribution >= 0.6 is 0 Å². The number of carboxylic acids is 1. The maximum atomic E-state index is 10.8. The molecule has 1 N–H and O–H groups in total. The van der Waals surface area contributed by atoms with Crippen LogP contribution in [-0.2, 0) is 14.9 Å². The van der Waals surface area contributed by atoms with Crippen molar-refractivity contribution in [2.45, 2.75) is 18.3 Å². The van der Waals surface area contributed by atoms with Crippen LogP contribution in [0.25, 0.3) is 11.0 Å². The molecule has 1 aromatic heterocycles. The van der Waals surface area contributed by atoms with Crippen LogP contribution in [0.1, 0.15) is 18.4 Å². The normalized spacial score (nSPS) is 17.6. The molecule has 1 fully saturated rings. The third kappa shape index (κ3) is 1.69. The molecule has 0 unspecified atom stereocenters. The zero-order valence-corrected chi connectivity index (χ0v) is 9.89. The van der Waals surface area contributed by atoms with E-state index in [9.17, 15) is 4.79 Å². The number of para-hydroxylation sites is 1. The van der Waals surface area contributed by atoms with Gasteiger partial charge in [-0.2, -0.15) is 0 Å². The summed E-state index contributed by atoms with van der Waals surface area (Å²) in [5.41, 5.74) is 1.73. The van der Waals surface area contributed by atoms with Crippen molar-refractivity contribution in [2.75, 3.05) is 13.2 Å². The predicted octanol–water partition coefficient (Wildman–Crippen LogP) is 2.57. The monoisotopic (exact) mass is 246 g/mol. The summed E-state index contributed by atoms with van der Waals surface area (Å²) in [6.45, 7) is 1.15. The SMILES string of the molecule is O=C(O)CCC1(c2coc3ccccc23)COC1. The zero-order chi connectivity index (χ0) is 12.6. The van der Waals surface area contributed by atoms with E-state index in [0.717, 1.165) is 16.5 Å². The molecule has 4 nitrogen and oxygen atoms in total. The van der Waals surface area contributed by atoms with Crippen molar-refractivity contribution in [3.05, 3.63) is 36.1 Å². The Morgan fingerprint density at radius 1 is 1.33 bits per heavy atom. The number of hydrogen-bond acceptors (Lipinski definition) is 3. The summed E-state index contributed by atoms with van der Waals surface area (Å²) < 4.78 is 10.8. The molecule has 0 amide bonds. The number of benzene rings is 1. The maximum absolute atomic E-state index is 10.8. The second kappa shape index (κ2) is 4.14. The van der Waals surface area contributed by atoms with Gasteiger partial charge in [0, 0.05) is 22.8 Å². The Labute approximate surface area is 104 Å². The fourth-order valence-electron chi connectivity index (χ4n) is 2.52. The summed E-state index contributed by atoms with van der Waals surface area (Å²) in [7, 11) is 0. The van der Waals surface area contributed by atoms with Gasteiger partial charge in [0.15, 0.2) is 0 Å². The van der Waals surface area contributed by atoms with Crippen molar-refractivity contribution in [1.82, 2.24) is 0 Å². The van der Waals surface area contributed by atoms with E-state index in [1.807, 2.05) is 24.3 Å². The number of hydrogen-bond donors (Lipinski definition) is 1. The average Bonchev–Trinajstić information content (AvgIpc) is 2.72. The molecular formula is C14H14O4. The lowest BCUT2D eigenvalue weighted by Crippen LogP contribution is -2.46. The van der Waals surface area contributed by atoms with Gasteiger partial charge in [-0.05, 0) is 12.5 Å². The molecule has 0 radical (unpaired) electrons. The number of rotatable bonds is 4. The van der Waals surface area contributed by atoms with Crippen LogP contribution in [0.15, 0.2) is 34.9 Å². The molecule has 2 heterocycles. The van der Waals surface area contributed by atoms with Crippen molar-refractivity contribution in [3.8, 4) is 0 Å². The summed E-state index contributed by atoms with van der Waals surface area (Å²) in [6, 6.07) is 7.82. The molecular weight excluding hydrogens is 232 g/mol. The molecule has 0 spiro atoms. The third-order valence-corrected chi connectivity index (χ3v) is 3.63. The molecule has 2 aromatic rings. The van der Waals surface area contributed by atoms with E-state index in [2.05, 4.69) is 0 Å². The van der Waals surface area contributed by atoms with Crippen LogP contribution in [-0.4, -0.2) is 24.3 Å². The molecule has 1 saturated heterocycles. The Balaban J connectivity index is 1.98. The van der Waals surface area contributed by atoms with Crippen LogP contribution in [0.3, 0.4) is 0 Å². The first-order valence-electron chi connectivity index (χ1n) is 5.98. The van der Waals surface area contributed by atoms with Crippen molar-refractivity contribution >= 4 is 16.9 Å². The van der Waals surface area contributed by atoms with E-state index in [4.69, 9.17) is 14.3 Å². The molecule has 18 heavy (non-hydrogen) atoms. The topological polar surface area (TPSA) is 59.7 Å². The first-order chi connectivity index (χ1) is 8.71. The molecule has 0 atom stereocenters. The minimum absolute atomic E-state index is 0.156. The number of carboxylic acid groups (broad SMARTS) is 1. The predicted molar refractivity (Wildman–Crippen MR) is 65.6 cm³/mol. The fraction of sp³-hybridized carbons (Fsp3) is 0.357. The van der Waals surface area contributed by atoms with Crippen LogP contribution < -0.4 is 0 Å². The highest BCUT2D eigenvalue weighted by molar-refractivity contribution is 5.82. The molecule has 94 valence electrons. The second-order valence-electron chi connectivity index (χ2n) is 4.81. The average molecular weight is 246 g/mol. The molecule has 4 heteroatoms. The molecule has 0 saturated carbocycles. The van der Waals surface area contributed by atoms with Crippen LogP contribution in [0.4, 0.5) is 0 Å². The standard InChI is InChI=1S/C14H14O4/c15-13(16)5-6-14(8-17-9-14)11-7-18-12-4-2-1-3-10(11)12/h1-4,7H,5-6,8-9H2,(H,15,16). The Morgan fingerprint density at radius 3 is 2.78 bits per heavy atom. The summed E-state index contributed by atoms with van der Waals surface area (Å²) >= 11 is 0. The molecule has 1 aromatic carbocycles. The van der Waals surface area contributed by atoms with Gasteiger partial charge < -0.3 is 14.3 Å². The minimum Gasteiger partial charge on any atom is -0.481 e. The lowest BCUT2D eigenvalue weighted by molar-refractivity contribution is -0.139. The molecule has 1 aliphatic heterocycles. The van der Waals surface area contributed by atoms with E-state index in [1.54, 1.807) is 6.26 Å². The van der Waals surface area contributed by atoms with E-state index in [-0.39, 0.29) is 11.8 Å². The number of fused-ring (bicyclic) bond motifs is 1. The lowest BCUT2D eigenvalue weighted by atomic mass is 9.75. The van der Waals surface area contributed by atoms with Gasteiger partial charge in [-0.3, -0.25) is 4.79 Å². The Bertz CT molecular complexity index is 580. The van der Waals surface area contributed by atoms with Gasteiger partial charge in [-0.15, -0.1) is 0 Å². The van der Waals surface area contributed by atoms with Gasteiger partial charge >= 0.3 is 5.97 Å². The quantitative estimate of drug-likeness (QED) is 0.900. The van der Waals surface area contributed by atoms with Gasteiger partial charge in [-0.25, -0.2) is 0 Å². The Kier molecular flexibility index (Phi) is 2.59. The van der Waals surface area contributed by atoms with Crippen molar-refractivity contribution in [2.24, 2.45) is 0 Å². The van der Waals surface area contributed by atoms with E-state index < -0.39 is 5.97 Å². The van der Waals surface area contributed by atoms with Crippen molar-refractivity contribution in [1.29, 1.82) is 0 Å². The lowest BCUT2D eigenvalue weighted by Gasteiger charge is -2.41. The van der Waals surface area contributed by atoms with Gasteiger partial charge in [0.1, 0.15) is 5.58 Å². The first kappa shape index (κ1) is 11.3. The molecule has 3 rings (SSSR count). The van der Waals surface area contributed by atoms with Crippen LogP contribution in [0.2, 0.25) is 0 Å². The minimum atomic E-state index is -0.769. The zero-order valence-electron chi connectivity index (χ0n) is 9.89. The summed E-state index contributed by atoms with van der Waals surface area (Å²) in [6.07, 6.45) is 2.49. The van der Waals surface area contributed by atoms with Crippen LogP contribution in [0.5, 0.6) is 0 Å². The van der Waals surface area contributed by atoms with Crippen molar-refractivity contribution in [3.63, 3.8) is 0 Å². The Hall–Kier alpha value is -1.81. The summed E-state index contributed by atoms with van der Waals surface area (Å²) in [4.78, 5) is 10.8. The number of carbonyl (C=O) groups is 1. The fourth-order valence-corrected chi connectivity index (χ4v) is 2.52. The number of furan rings is 1. The Morgan fingerprint density at radius 2 is 2.11 bits per heavy atom. The largest absolute Gasteiger partial charge is 0.481 e. The number of aliphatic carboxylic acids is 1. The highest BCUT2D eigenvalue weighted by Crippen LogP contribution is 2.41. The first-order valence-corrected chi connectivity index (χ1v) is 5.98. The van der Waals surface area contributed by atoms with Crippen LogP contribution in [0, 0.1) is 0 Å². The number of ether oxygens (including phenoxy) is 1. The molecule has 0 bridgehead atoms. The van der Waals surface area contributed by atoms with Crippen molar-refractivity contribution < 1.29 is 19.1 Å². The maximum Gasteiger partial charge on any atom is 0.303 e. The summed E-state index contributed by atoms with van der Waals surface area (Å²) in [5.74, 6) is -0.769. The van der Waals surface area contributed by atoms with E-state index in [0.29, 0.717) is 19.6 Å². The molecule has 1 aliphatic rings. The van der Waals surface area contributed by atoms with Gasteiger partial charge in [0.25, 0.3) is 0 Å². The second-order valence-corrected chi connectivity index (χ2v) is 4.81. The molecule has 0 aliphatic carbocycles.